The highest BCUT2D eigenvalue weighted by atomic mass is 16.6. The van der Waals surface area contributed by atoms with Gasteiger partial charge in [-0.05, 0) is 6.07 Å². The second-order valence-electron chi connectivity index (χ2n) is 3.40. The van der Waals surface area contributed by atoms with Crippen molar-refractivity contribution in [1.82, 2.24) is 9.38 Å². The van der Waals surface area contributed by atoms with Crippen molar-refractivity contribution in [1.29, 1.82) is 0 Å². The van der Waals surface area contributed by atoms with E-state index in [1.807, 2.05) is 0 Å². The highest BCUT2D eigenvalue weighted by Gasteiger charge is 2.10. The molecule has 0 radical (unpaired) electrons. The van der Waals surface area contributed by atoms with Crippen LogP contribution in [-0.4, -0.2) is 27.4 Å². The number of methoxy groups -OCH3 is 1. The van der Waals surface area contributed by atoms with E-state index in [4.69, 9.17) is 0 Å². The van der Waals surface area contributed by atoms with Crippen LogP contribution in [0.25, 0.3) is 5.65 Å². The summed E-state index contributed by atoms with van der Waals surface area (Å²) in [5.74, 6) is -0.400. The van der Waals surface area contributed by atoms with Crippen molar-refractivity contribution in [2.24, 2.45) is 0 Å². The maximum Gasteiger partial charge on any atom is 0.311 e. The van der Waals surface area contributed by atoms with Gasteiger partial charge in [-0.3, -0.25) is 19.3 Å². The number of nitro groups is 1. The SMILES string of the molecule is COC(=O)Cc1cn2cc([N+](=O)[O-])ccc2n1. The fourth-order valence-electron chi connectivity index (χ4n) is 1.45. The molecule has 7 heteroatoms. The van der Waals surface area contributed by atoms with Gasteiger partial charge in [0.15, 0.2) is 0 Å². The van der Waals surface area contributed by atoms with Crippen LogP contribution in [0.15, 0.2) is 24.5 Å². The van der Waals surface area contributed by atoms with Crippen LogP contribution in [0.2, 0.25) is 0 Å². The molecule has 17 heavy (non-hydrogen) atoms. The molecular formula is C10H9N3O4. The van der Waals surface area contributed by atoms with E-state index in [1.165, 1.54) is 29.8 Å². The van der Waals surface area contributed by atoms with E-state index < -0.39 is 10.9 Å². The van der Waals surface area contributed by atoms with Gasteiger partial charge in [0.1, 0.15) is 5.65 Å². The molecule has 2 heterocycles. The lowest BCUT2D eigenvalue weighted by atomic mass is 10.3. The van der Waals surface area contributed by atoms with Crippen molar-refractivity contribution in [3.8, 4) is 0 Å². The predicted molar refractivity (Wildman–Crippen MR) is 57.6 cm³/mol. The van der Waals surface area contributed by atoms with Gasteiger partial charge in [-0.15, -0.1) is 0 Å². The Labute approximate surface area is 95.8 Å². The Hall–Kier alpha value is -2.44. The topological polar surface area (TPSA) is 86.7 Å². The summed E-state index contributed by atoms with van der Waals surface area (Å²) in [7, 11) is 1.29. The number of aromatic nitrogens is 2. The molecule has 0 atom stereocenters. The summed E-state index contributed by atoms with van der Waals surface area (Å²) in [6, 6.07) is 2.89. The summed E-state index contributed by atoms with van der Waals surface area (Å²) in [4.78, 5) is 25.3. The number of esters is 1. The summed E-state index contributed by atoms with van der Waals surface area (Å²) in [5.41, 5.74) is 1.03. The molecule has 2 aromatic rings. The van der Waals surface area contributed by atoms with Crippen LogP contribution in [-0.2, 0) is 16.0 Å². The van der Waals surface area contributed by atoms with Gasteiger partial charge < -0.3 is 4.74 Å². The molecule has 0 saturated heterocycles. The van der Waals surface area contributed by atoms with Crippen molar-refractivity contribution in [2.45, 2.75) is 6.42 Å². The second-order valence-corrected chi connectivity index (χ2v) is 3.40. The van der Waals surface area contributed by atoms with Crippen molar-refractivity contribution in [3.05, 3.63) is 40.3 Å². The molecule has 7 nitrogen and oxygen atoms in total. The lowest BCUT2D eigenvalue weighted by molar-refractivity contribution is -0.385. The fourth-order valence-corrected chi connectivity index (χ4v) is 1.45. The first-order valence-corrected chi connectivity index (χ1v) is 4.79. The highest BCUT2D eigenvalue weighted by molar-refractivity contribution is 5.72. The van der Waals surface area contributed by atoms with Gasteiger partial charge in [-0.25, -0.2) is 4.98 Å². The van der Waals surface area contributed by atoms with Crippen LogP contribution in [0.3, 0.4) is 0 Å². The maximum absolute atomic E-state index is 11.1. The largest absolute Gasteiger partial charge is 0.469 e. The van der Waals surface area contributed by atoms with E-state index >= 15 is 0 Å². The van der Waals surface area contributed by atoms with Crippen LogP contribution in [0.5, 0.6) is 0 Å². The molecule has 88 valence electrons. The van der Waals surface area contributed by atoms with Gasteiger partial charge in [0.25, 0.3) is 5.69 Å². The minimum Gasteiger partial charge on any atom is -0.469 e. The molecule has 0 aliphatic heterocycles. The van der Waals surface area contributed by atoms with Crippen molar-refractivity contribution in [2.75, 3.05) is 7.11 Å². The fraction of sp³-hybridized carbons (Fsp3) is 0.200. The summed E-state index contributed by atoms with van der Waals surface area (Å²) >= 11 is 0. The van der Waals surface area contributed by atoms with Crippen molar-refractivity contribution < 1.29 is 14.5 Å². The molecule has 0 unspecified atom stereocenters. The Morgan fingerprint density at radius 2 is 2.29 bits per heavy atom. The number of fused-ring (bicyclic) bond motifs is 1. The smallest absolute Gasteiger partial charge is 0.311 e. The molecular weight excluding hydrogens is 226 g/mol. The average molecular weight is 235 g/mol. The first-order valence-electron chi connectivity index (χ1n) is 4.79. The van der Waals surface area contributed by atoms with Crippen LogP contribution < -0.4 is 0 Å². The lowest BCUT2D eigenvalue weighted by Crippen LogP contribution is -2.04. The summed E-state index contributed by atoms with van der Waals surface area (Å²) in [6.07, 6.45) is 2.97. The first-order chi connectivity index (χ1) is 8.10. The summed E-state index contributed by atoms with van der Waals surface area (Å²) in [5, 5.41) is 10.6. The number of carbonyl (C=O) groups is 1. The third-order valence-electron chi connectivity index (χ3n) is 2.25. The Bertz CT molecular complexity index is 590. The Morgan fingerprint density at radius 3 is 2.94 bits per heavy atom. The first kappa shape index (κ1) is 11.1. The van der Waals surface area contributed by atoms with Gasteiger partial charge in [0.2, 0.25) is 0 Å². The Kier molecular flexibility index (Phi) is 2.73. The summed E-state index contributed by atoms with van der Waals surface area (Å²) in [6.45, 7) is 0. The number of hydrogen-bond acceptors (Lipinski definition) is 5. The van der Waals surface area contributed by atoms with Crippen molar-refractivity contribution >= 4 is 17.3 Å². The molecule has 0 N–H and O–H groups in total. The van der Waals surface area contributed by atoms with E-state index in [9.17, 15) is 14.9 Å². The number of pyridine rings is 1. The van der Waals surface area contributed by atoms with Crippen LogP contribution in [0.4, 0.5) is 5.69 Å². The number of rotatable bonds is 3. The predicted octanol–water partition coefficient (Wildman–Crippen LogP) is 0.958. The molecule has 2 rings (SSSR count). The number of imidazole rings is 1. The molecule has 0 bridgehead atoms. The lowest BCUT2D eigenvalue weighted by Gasteiger charge is -1.93. The number of nitrogens with zero attached hydrogens (tertiary/aromatic N) is 3. The molecule has 0 aliphatic rings. The van der Waals surface area contributed by atoms with Gasteiger partial charge in [0.05, 0.1) is 30.3 Å². The second kappa shape index (κ2) is 4.20. The van der Waals surface area contributed by atoms with E-state index in [0.717, 1.165) is 0 Å². The van der Waals surface area contributed by atoms with Crippen molar-refractivity contribution in [3.63, 3.8) is 0 Å². The molecule has 0 spiro atoms. The summed E-state index contributed by atoms with van der Waals surface area (Å²) < 4.78 is 6.03. The monoisotopic (exact) mass is 235 g/mol. The van der Waals surface area contributed by atoms with Gasteiger partial charge in [-0.1, -0.05) is 0 Å². The zero-order chi connectivity index (χ0) is 12.4. The van der Waals surface area contributed by atoms with Gasteiger partial charge >= 0.3 is 5.97 Å². The zero-order valence-corrected chi connectivity index (χ0v) is 8.99. The third-order valence-corrected chi connectivity index (χ3v) is 2.25. The minimum atomic E-state index is -0.487. The van der Waals surface area contributed by atoms with E-state index in [1.54, 1.807) is 6.20 Å². The van der Waals surface area contributed by atoms with Crippen LogP contribution in [0.1, 0.15) is 5.69 Å². The highest BCUT2D eigenvalue weighted by Crippen LogP contribution is 2.13. The van der Waals surface area contributed by atoms with Gasteiger partial charge in [-0.2, -0.15) is 0 Å². The molecule has 0 fully saturated rings. The van der Waals surface area contributed by atoms with Crippen LogP contribution in [0, 0.1) is 10.1 Å². The third kappa shape index (κ3) is 2.22. The number of hydrogen-bond donors (Lipinski definition) is 0. The number of carbonyl (C=O) groups excluding carboxylic acids is 1. The number of ether oxygens (including phenoxy) is 1. The molecule has 0 aliphatic carbocycles. The Morgan fingerprint density at radius 1 is 1.53 bits per heavy atom. The molecule has 0 saturated carbocycles. The van der Waals surface area contributed by atoms with Gasteiger partial charge in [0, 0.05) is 12.3 Å². The van der Waals surface area contributed by atoms with E-state index in [2.05, 4.69) is 9.72 Å². The average Bonchev–Trinajstić information content (AvgIpc) is 2.69. The quantitative estimate of drug-likeness (QED) is 0.449. The van der Waals surface area contributed by atoms with E-state index in [0.29, 0.717) is 11.3 Å². The van der Waals surface area contributed by atoms with E-state index in [-0.39, 0.29) is 12.1 Å². The zero-order valence-electron chi connectivity index (χ0n) is 8.99. The maximum atomic E-state index is 11.1. The molecule has 2 aromatic heterocycles. The Balaban J connectivity index is 2.37. The normalized spacial score (nSPS) is 10.4. The molecule has 0 amide bonds. The minimum absolute atomic E-state index is 0.0282. The standard InChI is InChI=1S/C10H9N3O4/c1-17-10(14)4-7-5-12-6-8(13(15)16)2-3-9(12)11-7/h2-3,5-6H,4H2,1H3. The molecule has 0 aromatic carbocycles. The van der Waals surface area contributed by atoms with Crippen LogP contribution >= 0.6 is 0 Å².